The SMILES string of the molecule is c1ccc2c(c1)Oc1cc(-c3cccc4sc5ccccc5c34)ccc1C21c2ccccc2Oc2cc(-c3cccc4sc5ccccc5c34)ccc21. The van der Waals surface area contributed by atoms with E-state index in [9.17, 15) is 0 Å². The Morgan fingerprint density at radius 3 is 1.26 bits per heavy atom. The molecule has 12 rings (SSSR count). The molecule has 0 radical (unpaired) electrons. The van der Waals surface area contributed by atoms with Crippen molar-refractivity contribution >= 4 is 63.0 Å². The average molecular weight is 713 g/mol. The third-order valence-corrected chi connectivity index (χ3v) is 13.5. The minimum absolute atomic E-state index is 0.659. The summed E-state index contributed by atoms with van der Waals surface area (Å²) in [6.07, 6.45) is 0. The molecule has 10 aromatic rings. The van der Waals surface area contributed by atoms with Crippen LogP contribution in [0.4, 0.5) is 0 Å². The molecule has 4 heteroatoms. The number of hydrogen-bond donors (Lipinski definition) is 0. The molecule has 0 saturated carbocycles. The smallest absolute Gasteiger partial charge is 0.132 e. The van der Waals surface area contributed by atoms with Crippen LogP contribution in [0, 0.1) is 0 Å². The highest BCUT2D eigenvalue weighted by Gasteiger charge is 2.50. The maximum absolute atomic E-state index is 6.91. The Labute approximate surface area is 313 Å². The fraction of sp³-hybridized carbons (Fsp3) is 0.0204. The van der Waals surface area contributed by atoms with Crippen molar-refractivity contribution in [3.63, 3.8) is 0 Å². The molecule has 1 spiro atoms. The number of para-hydroxylation sites is 2. The van der Waals surface area contributed by atoms with Gasteiger partial charge in [-0.15, -0.1) is 22.7 Å². The highest BCUT2D eigenvalue weighted by atomic mass is 32.1. The van der Waals surface area contributed by atoms with Crippen LogP contribution in [-0.2, 0) is 5.41 Å². The number of thiophene rings is 2. The zero-order valence-electron chi connectivity index (χ0n) is 28.3. The maximum Gasteiger partial charge on any atom is 0.132 e. The van der Waals surface area contributed by atoms with Crippen LogP contribution in [0.2, 0.25) is 0 Å². The molecule has 2 aliphatic rings. The first-order chi connectivity index (χ1) is 26.3. The first-order valence-corrected chi connectivity index (χ1v) is 19.5. The van der Waals surface area contributed by atoms with Crippen LogP contribution in [0.5, 0.6) is 23.0 Å². The molecule has 0 N–H and O–H groups in total. The van der Waals surface area contributed by atoms with Crippen molar-refractivity contribution in [3.05, 3.63) is 192 Å². The van der Waals surface area contributed by atoms with Crippen molar-refractivity contribution in [1.82, 2.24) is 0 Å². The minimum atomic E-state index is -0.659. The maximum atomic E-state index is 6.91. The van der Waals surface area contributed by atoms with Gasteiger partial charge >= 0.3 is 0 Å². The monoisotopic (exact) mass is 712 g/mol. The molecule has 2 aliphatic heterocycles. The number of ether oxygens (including phenoxy) is 2. The van der Waals surface area contributed by atoms with Gasteiger partial charge in [0.05, 0.1) is 5.41 Å². The molecule has 0 unspecified atom stereocenters. The largest absolute Gasteiger partial charge is 0.457 e. The molecule has 0 fully saturated rings. The lowest BCUT2D eigenvalue weighted by molar-refractivity contribution is 0.399. The molecule has 0 aliphatic carbocycles. The van der Waals surface area contributed by atoms with E-state index in [1.807, 2.05) is 22.7 Å². The lowest BCUT2D eigenvalue weighted by Crippen LogP contribution is -2.36. The van der Waals surface area contributed by atoms with Crippen molar-refractivity contribution in [2.75, 3.05) is 0 Å². The van der Waals surface area contributed by atoms with Crippen molar-refractivity contribution < 1.29 is 9.47 Å². The highest BCUT2D eigenvalue weighted by Crippen LogP contribution is 2.62. The molecule has 248 valence electrons. The van der Waals surface area contributed by atoms with E-state index in [4.69, 9.17) is 9.47 Å². The predicted octanol–water partition coefficient (Wildman–Crippen LogP) is 14.4. The normalized spacial score (nSPS) is 13.7. The Morgan fingerprint density at radius 1 is 0.340 bits per heavy atom. The van der Waals surface area contributed by atoms with Gasteiger partial charge in [0.25, 0.3) is 0 Å². The van der Waals surface area contributed by atoms with Gasteiger partial charge in [0.1, 0.15) is 23.0 Å². The molecule has 0 saturated heterocycles. The van der Waals surface area contributed by atoms with Crippen LogP contribution in [0.1, 0.15) is 22.3 Å². The summed E-state index contributed by atoms with van der Waals surface area (Å²) in [5.74, 6) is 3.44. The number of hydrogen-bond acceptors (Lipinski definition) is 4. The van der Waals surface area contributed by atoms with Crippen LogP contribution in [0.25, 0.3) is 62.6 Å². The van der Waals surface area contributed by atoms with Gasteiger partial charge in [-0.05, 0) is 70.8 Å². The molecular weight excluding hydrogens is 685 g/mol. The van der Waals surface area contributed by atoms with E-state index in [-0.39, 0.29) is 0 Å². The summed E-state index contributed by atoms with van der Waals surface area (Å²) in [7, 11) is 0. The third kappa shape index (κ3) is 4.02. The van der Waals surface area contributed by atoms with E-state index >= 15 is 0 Å². The molecule has 0 bridgehead atoms. The Morgan fingerprint density at radius 2 is 0.755 bits per heavy atom. The van der Waals surface area contributed by atoms with Crippen LogP contribution in [-0.4, -0.2) is 0 Å². The first-order valence-electron chi connectivity index (χ1n) is 17.9. The Hall–Kier alpha value is -6.20. The van der Waals surface area contributed by atoms with Crippen molar-refractivity contribution in [1.29, 1.82) is 0 Å². The van der Waals surface area contributed by atoms with Crippen LogP contribution in [0.15, 0.2) is 170 Å². The van der Waals surface area contributed by atoms with Gasteiger partial charge in [0, 0.05) is 62.6 Å². The summed E-state index contributed by atoms with van der Waals surface area (Å²) in [4.78, 5) is 0. The molecule has 4 heterocycles. The van der Waals surface area contributed by atoms with Crippen molar-refractivity contribution in [3.8, 4) is 45.3 Å². The summed E-state index contributed by atoms with van der Waals surface area (Å²) in [6.45, 7) is 0. The second kappa shape index (κ2) is 10.9. The van der Waals surface area contributed by atoms with Gasteiger partial charge in [-0.2, -0.15) is 0 Å². The molecule has 0 atom stereocenters. The summed E-state index contributed by atoms with van der Waals surface area (Å²) in [6, 6.07) is 61.4. The van der Waals surface area contributed by atoms with E-state index in [0.717, 1.165) is 56.4 Å². The summed E-state index contributed by atoms with van der Waals surface area (Å²) in [5, 5.41) is 5.17. The lowest BCUT2D eigenvalue weighted by atomic mass is 9.62. The van der Waals surface area contributed by atoms with E-state index < -0.39 is 5.41 Å². The quantitative estimate of drug-likeness (QED) is 0.178. The Kier molecular flexibility index (Phi) is 6.05. The second-order valence-corrected chi connectivity index (χ2v) is 16.1. The van der Waals surface area contributed by atoms with Gasteiger partial charge < -0.3 is 9.47 Å². The zero-order chi connectivity index (χ0) is 34.7. The van der Waals surface area contributed by atoms with Gasteiger partial charge in [-0.3, -0.25) is 0 Å². The predicted molar refractivity (Wildman–Crippen MR) is 222 cm³/mol. The topological polar surface area (TPSA) is 18.5 Å². The van der Waals surface area contributed by atoms with E-state index in [0.29, 0.717) is 0 Å². The van der Waals surface area contributed by atoms with Gasteiger partial charge in [0.2, 0.25) is 0 Å². The van der Waals surface area contributed by atoms with Crippen molar-refractivity contribution in [2.24, 2.45) is 0 Å². The fourth-order valence-corrected chi connectivity index (χ4v) is 11.3. The van der Waals surface area contributed by atoms with Crippen molar-refractivity contribution in [2.45, 2.75) is 5.41 Å². The molecule has 8 aromatic carbocycles. The Bertz CT molecular complexity index is 2930. The highest BCUT2D eigenvalue weighted by molar-refractivity contribution is 7.26. The van der Waals surface area contributed by atoms with Crippen LogP contribution in [0.3, 0.4) is 0 Å². The minimum Gasteiger partial charge on any atom is -0.457 e. The zero-order valence-corrected chi connectivity index (χ0v) is 29.9. The molecule has 2 aromatic heterocycles. The number of fused-ring (bicyclic) bond motifs is 14. The molecule has 2 nitrogen and oxygen atoms in total. The summed E-state index contributed by atoms with van der Waals surface area (Å²) in [5.41, 5.74) is 8.49. The number of benzene rings is 8. The summed E-state index contributed by atoms with van der Waals surface area (Å²) >= 11 is 3.70. The van der Waals surface area contributed by atoms with Gasteiger partial charge in [-0.1, -0.05) is 121 Å². The van der Waals surface area contributed by atoms with Crippen LogP contribution < -0.4 is 9.47 Å². The van der Waals surface area contributed by atoms with Gasteiger partial charge in [0.15, 0.2) is 0 Å². The molecular formula is C49H28O2S2. The Balaban J connectivity index is 1.11. The van der Waals surface area contributed by atoms with Crippen LogP contribution >= 0.6 is 22.7 Å². The standard InChI is InChI=1S/C49H28O2S2/c1-7-19-43-33(11-1)47-31(13-9-21-45(47)52-43)29-23-25-37-41(27-29)50-39-17-5-3-15-35(39)49(37)36-16-4-6-18-40(36)51-42-28-30(24-26-38(42)49)32-14-10-22-46-48(32)34-12-2-8-20-44(34)53-46/h1-28H. The third-order valence-electron chi connectivity index (χ3n) is 11.2. The molecule has 53 heavy (non-hydrogen) atoms. The van der Waals surface area contributed by atoms with Gasteiger partial charge in [-0.25, -0.2) is 0 Å². The van der Waals surface area contributed by atoms with E-state index in [1.165, 1.54) is 51.5 Å². The summed E-state index contributed by atoms with van der Waals surface area (Å²) < 4.78 is 19.0. The van der Waals surface area contributed by atoms with E-state index in [1.54, 1.807) is 0 Å². The molecule has 0 amide bonds. The fourth-order valence-electron chi connectivity index (χ4n) is 9.04. The number of rotatable bonds is 2. The lowest BCUT2D eigenvalue weighted by Gasteiger charge is -2.45. The van der Waals surface area contributed by atoms with E-state index in [2.05, 4.69) is 170 Å². The second-order valence-electron chi connectivity index (χ2n) is 13.9. The average Bonchev–Trinajstić information content (AvgIpc) is 3.79. The first kappa shape index (κ1) is 29.4.